The van der Waals surface area contributed by atoms with Crippen molar-refractivity contribution < 1.29 is 18.8 Å². The Morgan fingerprint density at radius 3 is 2.45 bits per heavy atom. The average molecular weight is 393 g/mol. The van der Waals surface area contributed by atoms with Crippen molar-refractivity contribution in [2.75, 3.05) is 27.3 Å². The molecule has 1 fully saturated rings. The van der Waals surface area contributed by atoms with Crippen LogP contribution >= 0.6 is 0 Å². The van der Waals surface area contributed by atoms with Gasteiger partial charge in [-0.05, 0) is 55.3 Å². The topological polar surface area (TPSA) is 77.7 Å². The van der Waals surface area contributed by atoms with E-state index in [1.165, 1.54) is 0 Å². The molecule has 7 heteroatoms. The number of ether oxygens (including phenoxy) is 2. The number of likely N-dealkylation sites (tertiary alicyclic amines) is 1. The second-order valence-electron chi connectivity index (χ2n) is 6.98. The number of amides is 1. The minimum Gasteiger partial charge on any atom is -0.497 e. The molecule has 0 radical (unpaired) electrons. The van der Waals surface area contributed by atoms with Crippen LogP contribution < -0.4 is 9.47 Å². The van der Waals surface area contributed by atoms with Gasteiger partial charge in [-0.25, -0.2) is 0 Å². The van der Waals surface area contributed by atoms with Gasteiger partial charge in [-0.15, -0.1) is 0 Å². The van der Waals surface area contributed by atoms with E-state index in [9.17, 15) is 4.79 Å². The standard InChI is InChI=1S/C22H23N3O4/c1-27-18-8-6-16(7-9-18)22(26)25-12-10-15(11-13-25)20-23-21(29-24-20)17-4-3-5-19(14-17)28-2/h3-9,14-15H,10-13H2,1-2H3. The van der Waals surface area contributed by atoms with E-state index in [0.717, 1.165) is 29.9 Å². The summed E-state index contributed by atoms with van der Waals surface area (Å²) in [7, 11) is 3.23. The smallest absolute Gasteiger partial charge is 0.258 e. The molecular formula is C22H23N3O4. The highest BCUT2D eigenvalue weighted by atomic mass is 16.5. The molecule has 29 heavy (non-hydrogen) atoms. The zero-order valence-corrected chi connectivity index (χ0v) is 16.5. The van der Waals surface area contributed by atoms with Crippen LogP contribution in [0.15, 0.2) is 53.1 Å². The van der Waals surface area contributed by atoms with Crippen LogP contribution in [0.25, 0.3) is 11.5 Å². The second-order valence-corrected chi connectivity index (χ2v) is 6.98. The number of benzene rings is 2. The molecule has 0 N–H and O–H groups in total. The van der Waals surface area contributed by atoms with Gasteiger partial charge in [-0.3, -0.25) is 4.79 Å². The quantitative estimate of drug-likeness (QED) is 0.657. The van der Waals surface area contributed by atoms with Gasteiger partial charge in [0.25, 0.3) is 11.8 Å². The fourth-order valence-electron chi connectivity index (χ4n) is 3.53. The Bertz CT molecular complexity index is 976. The van der Waals surface area contributed by atoms with Crippen molar-refractivity contribution in [3.05, 3.63) is 59.9 Å². The number of aromatic nitrogens is 2. The van der Waals surface area contributed by atoms with Crippen LogP contribution in [-0.4, -0.2) is 48.3 Å². The fourth-order valence-corrected chi connectivity index (χ4v) is 3.53. The zero-order chi connectivity index (χ0) is 20.2. The summed E-state index contributed by atoms with van der Waals surface area (Å²) < 4.78 is 15.9. The molecule has 1 aliphatic rings. The van der Waals surface area contributed by atoms with Crippen molar-refractivity contribution in [2.24, 2.45) is 0 Å². The predicted octanol–water partition coefficient (Wildman–Crippen LogP) is 3.77. The summed E-state index contributed by atoms with van der Waals surface area (Å²) in [6.45, 7) is 1.33. The van der Waals surface area contributed by atoms with Crippen molar-refractivity contribution in [1.29, 1.82) is 0 Å². The highest BCUT2D eigenvalue weighted by Gasteiger charge is 2.27. The summed E-state index contributed by atoms with van der Waals surface area (Å²) in [6.07, 6.45) is 1.61. The SMILES string of the molecule is COc1ccc(C(=O)N2CCC(c3noc(-c4cccc(OC)c4)n3)CC2)cc1. The van der Waals surface area contributed by atoms with E-state index < -0.39 is 0 Å². The summed E-state index contributed by atoms with van der Waals surface area (Å²) in [4.78, 5) is 19.2. The Kier molecular flexibility index (Phi) is 5.46. The molecule has 0 bridgehead atoms. The lowest BCUT2D eigenvalue weighted by atomic mass is 9.95. The van der Waals surface area contributed by atoms with E-state index in [0.29, 0.717) is 30.4 Å². The van der Waals surface area contributed by atoms with Gasteiger partial charge in [0.1, 0.15) is 11.5 Å². The Hall–Kier alpha value is -3.35. The first-order valence-corrected chi connectivity index (χ1v) is 9.59. The third-order valence-corrected chi connectivity index (χ3v) is 5.24. The Morgan fingerprint density at radius 1 is 1.03 bits per heavy atom. The van der Waals surface area contributed by atoms with Gasteiger partial charge in [-0.2, -0.15) is 4.98 Å². The van der Waals surface area contributed by atoms with Gasteiger partial charge in [0.05, 0.1) is 14.2 Å². The van der Waals surface area contributed by atoms with Crippen molar-refractivity contribution >= 4 is 5.91 Å². The fraction of sp³-hybridized carbons (Fsp3) is 0.318. The number of nitrogens with zero attached hydrogens (tertiary/aromatic N) is 3. The molecule has 1 saturated heterocycles. The molecule has 2 heterocycles. The van der Waals surface area contributed by atoms with E-state index in [1.807, 2.05) is 29.2 Å². The summed E-state index contributed by atoms with van der Waals surface area (Å²) in [5.41, 5.74) is 1.50. The van der Waals surface area contributed by atoms with Gasteiger partial charge in [0.15, 0.2) is 5.82 Å². The van der Waals surface area contributed by atoms with E-state index in [4.69, 9.17) is 14.0 Å². The molecule has 1 aromatic heterocycles. The van der Waals surface area contributed by atoms with Crippen LogP contribution in [-0.2, 0) is 0 Å². The zero-order valence-electron chi connectivity index (χ0n) is 16.5. The molecule has 0 spiro atoms. The first-order chi connectivity index (χ1) is 14.2. The summed E-state index contributed by atoms with van der Waals surface area (Å²) in [5, 5.41) is 4.17. The first kappa shape index (κ1) is 19.0. The Labute approximate surface area is 169 Å². The van der Waals surface area contributed by atoms with Gasteiger partial charge in [0.2, 0.25) is 0 Å². The maximum Gasteiger partial charge on any atom is 0.258 e. The predicted molar refractivity (Wildman–Crippen MR) is 107 cm³/mol. The highest BCUT2D eigenvalue weighted by molar-refractivity contribution is 5.94. The van der Waals surface area contributed by atoms with E-state index >= 15 is 0 Å². The molecular weight excluding hydrogens is 370 g/mol. The van der Waals surface area contributed by atoms with Gasteiger partial charge >= 0.3 is 0 Å². The molecule has 0 atom stereocenters. The minimum absolute atomic E-state index is 0.0382. The third-order valence-electron chi connectivity index (χ3n) is 5.24. The summed E-state index contributed by atoms with van der Waals surface area (Å²) in [6, 6.07) is 14.7. The van der Waals surface area contributed by atoms with Crippen LogP contribution in [0, 0.1) is 0 Å². The lowest BCUT2D eigenvalue weighted by Gasteiger charge is -2.30. The molecule has 0 aliphatic carbocycles. The maximum atomic E-state index is 12.7. The summed E-state index contributed by atoms with van der Waals surface area (Å²) in [5.74, 6) is 2.88. The first-order valence-electron chi connectivity index (χ1n) is 9.59. The number of methoxy groups -OCH3 is 2. The van der Waals surface area contributed by atoms with Crippen LogP contribution in [0.5, 0.6) is 11.5 Å². The van der Waals surface area contributed by atoms with Crippen molar-refractivity contribution in [2.45, 2.75) is 18.8 Å². The molecule has 0 unspecified atom stereocenters. The molecule has 2 aromatic carbocycles. The highest BCUT2D eigenvalue weighted by Crippen LogP contribution is 2.29. The maximum absolute atomic E-state index is 12.7. The minimum atomic E-state index is 0.0382. The van der Waals surface area contributed by atoms with E-state index in [2.05, 4.69) is 10.1 Å². The van der Waals surface area contributed by atoms with E-state index in [-0.39, 0.29) is 11.8 Å². The van der Waals surface area contributed by atoms with Crippen molar-refractivity contribution in [1.82, 2.24) is 15.0 Å². The summed E-state index contributed by atoms with van der Waals surface area (Å²) >= 11 is 0. The largest absolute Gasteiger partial charge is 0.497 e. The normalized spacial score (nSPS) is 14.6. The monoisotopic (exact) mass is 393 g/mol. The molecule has 4 rings (SSSR count). The molecule has 150 valence electrons. The number of hydrogen-bond acceptors (Lipinski definition) is 6. The lowest BCUT2D eigenvalue weighted by molar-refractivity contribution is 0.0710. The second kappa shape index (κ2) is 8.34. The number of carbonyl (C=O) groups is 1. The van der Waals surface area contributed by atoms with E-state index in [1.54, 1.807) is 38.5 Å². The van der Waals surface area contributed by atoms with Crippen molar-refractivity contribution in [3.8, 4) is 23.0 Å². The van der Waals surface area contributed by atoms with Gasteiger partial charge in [-0.1, -0.05) is 11.2 Å². The average Bonchev–Trinajstić information content (AvgIpc) is 3.29. The van der Waals surface area contributed by atoms with Crippen LogP contribution in [0.2, 0.25) is 0 Å². The van der Waals surface area contributed by atoms with Crippen LogP contribution in [0.1, 0.15) is 34.9 Å². The number of rotatable bonds is 5. The van der Waals surface area contributed by atoms with Crippen LogP contribution in [0.4, 0.5) is 0 Å². The molecule has 3 aromatic rings. The number of carbonyl (C=O) groups excluding carboxylic acids is 1. The molecule has 7 nitrogen and oxygen atoms in total. The molecule has 0 saturated carbocycles. The Balaban J connectivity index is 1.39. The van der Waals surface area contributed by atoms with Crippen molar-refractivity contribution in [3.63, 3.8) is 0 Å². The Morgan fingerprint density at radius 2 is 1.76 bits per heavy atom. The third kappa shape index (κ3) is 4.08. The number of piperidine rings is 1. The lowest BCUT2D eigenvalue weighted by Crippen LogP contribution is -2.38. The van der Waals surface area contributed by atoms with Crippen LogP contribution in [0.3, 0.4) is 0 Å². The molecule has 1 amide bonds. The number of hydrogen-bond donors (Lipinski definition) is 0. The molecule has 1 aliphatic heterocycles. The van der Waals surface area contributed by atoms with Gasteiger partial charge < -0.3 is 18.9 Å². The van der Waals surface area contributed by atoms with Gasteiger partial charge in [0, 0.05) is 30.1 Å².